The van der Waals surface area contributed by atoms with Crippen molar-refractivity contribution in [3.8, 4) is 0 Å². The Balaban J connectivity index is 2.83. The topological polar surface area (TPSA) is 75.3 Å². The fraction of sp³-hybridized carbons (Fsp3) is 0.462. The smallest absolute Gasteiger partial charge is 0.242 e. The number of rotatable bonds is 6. The Morgan fingerprint density at radius 1 is 1.25 bits per heavy atom. The van der Waals surface area contributed by atoms with Crippen molar-refractivity contribution in [1.82, 2.24) is 4.72 Å². The number of halogens is 1. The van der Waals surface area contributed by atoms with E-state index in [0.29, 0.717) is 12.1 Å². The molecule has 0 saturated carbocycles. The van der Waals surface area contributed by atoms with E-state index in [9.17, 15) is 13.2 Å². The fourth-order valence-electron chi connectivity index (χ4n) is 1.38. The zero-order valence-electron chi connectivity index (χ0n) is 11.7. The van der Waals surface area contributed by atoms with E-state index in [2.05, 4.69) is 10.0 Å². The molecule has 1 aromatic rings. The van der Waals surface area contributed by atoms with Gasteiger partial charge in [0, 0.05) is 11.7 Å². The number of nitrogens with one attached hydrogen (secondary N) is 2. The number of hydrogen-bond acceptors (Lipinski definition) is 3. The molecule has 1 rings (SSSR count). The third kappa shape index (κ3) is 4.77. The third-order valence-corrected chi connectivity index (χ3v) is 4.57. The van der Waals surface area contributed by atoms with Crippen LogP contribution in [0.5, 0.6) is 0 Å². The van der Waals surface area contributed by atoms with Crippen LogP contribution in [-0.4, -0.2) is 25.7 Å². The van der Waals surface area contributed by atoms with Gasteiger partial charge in [0.25, 0.3) is 0 Å². The highest BCUT2D eigenvalue weighted by Gasteiger charge is 2.16. The summed E-state index contributed by atoms with van der Waals surface area (Å²) < 4.78 is 26.6. The highest BCUT2D eigenvalue weighted by molar-refractivity contribution is 7.89. The molecule has 1 amide bonds. The molecule has 0 spiro atoms. The van der Waals surface area contributed by atoms with E-state index >= 15 is 0 Å². The molecule has 0 radical (unpaired) electrons. The normalized spacial score (nSPS) is 14.6. The summed E-state index contributed by atoms with van der Waals surface area (Å²) in [4.78, 5) is 11.6. The third-order valence-electron chi connectivity index (χ3n) is 2.76. The molecular weight excluding hydrogens is 300 g/mol. The fourth-order valence-corrected chi connectivity index (χ4v) is 2.76. The Morgan fingerprint density at radius 3 is 2.25 bits per heavy atom. The summed E-state index contributed by atoms with van der Waals surface area (Å²) in [5.41, 5.74) is 0.505. The Labute approximate surface area is 124 Å². The van der Waals surface area contributed by atoms with Crippen molar-refractivity contribution in [3.63, 3.8) is 0 Å². The molecule has 2 atom stereocenters. The van der Waals surface area contributed by atoms with Crippen LogP contribution >= 0.6 is 11.6 Å². The lowest BCUT2D eigenvalue weighted by molar-refractivity contribution is -0.115. The average Bonchev–Trinajstić information content (AvgIpc) is 2.38. The highest BCUT2D eigenvalue weighted by atomic mass is 35.5. The summed E-state index contributed by atoms with van der Waals surface area (Å²) in [5.74, 6) is -0.333. The molecule has 112 valence electrons. The first-order chi connectivity index (χ1) is 9.26. The van der Waals surface area contributed by atoms with Gasteiger partial charge >= 0.3 is 0 Å². The van der Waals surface area contributed by atoms with Crippen molar-refractivity contribution in [3.05, 3.63) is 24.3 Å². The SMILES string of the molecule is CC[C@H](C)NS(=O)(=O)c1ccc(NC(=O)[C@@H](C)Cl)cc1. The predicted molar refractivity (Wildman–Crippen MR) is 80.5 cm³/mol. The number of sulfonamides is 1. The van der Waals surface area contributed by atoms with Crippen LogP contribution in [0.25, 0.3) is 0 Å². The van der Waals surface area contributed by atoms with E-state index in [0.717, 1.165) is 0 Å². The Hall–Kier alpha value is -1.11. The van der Waals surface area contributed by atoms with E-state index in [-0.39, 0.29) is 16.8 Å². The van der Waals surface area contributed by atoms with Gasteiger partial charge in [-0.2, -0.15) is 0 Å². The molecule has 5 nitrogen and oxygen atoms in total. The molecule has 0 unspecified atom stereocenters. The lowest BCUT2D eigenvalue weighted by Gasteiger charge is -2.12. The largest absolute Gasteiger partial charge is 0.325 e. The monoisotopic (exact) mass is 318 g/mol. The van der Waals surface area contributed by atoms with Crippen LogP contribution in [0.2, 0.25) is 0 Å². The number of carbonyl (C=O) groups is 1. The molecule has 0 aliphatic heterocycles. The summed E-state index contributed by atoms with van der Waals surface area (Å²) in [5, 5.41) is 1.94. The van der Waals surface area contributed by atoms with Gasteiger partial charge in [-0.15, -0.1) is 11.6 Å². The molecule has 0 aliphatic carbocycles. The minimum atomic E-state index is -3.52. The van der Waals surface area contributed by atoms with Crippen LogP contribution in [0.4, 0.5) is 5.69 Å². The molecule has 2 N–H and O–H groups in total. The second-order valence-electron chi connectivity index (χ2n) is 4.56. The maximum atomic E-state index is 12.0. The first-order valence-corrected chi connectivity index (χ1v) is 8.25. The molecule has 20 heavy (non-hydrogen) atoms. The molecule has 0 bridgehead atoms. The van der Waals surface area contributed by atoms with Crippen LogP contribution in [0.1, 0.15) is 27.2 Å². The molecule has 7 heteroatoms. The van der Waals surface area contributed by atoms with E-state index in [1.54, 1.807) is 13.8 Å². The van der Waals surface area contributed by atoms with E-state index < -0.39 is 15.4 Å². The molecule has 0 saturated heterocycles. The average molecular weight is 319 g/mol. The highest BCUT2D eigenvalue weighted by Crippen LogP contribution is 2.15. The zero-order valence-corrected chi connectivity index (χ0v) is 13.3. The molecule has 1 aromatic carbocycles. The predicted octanol–water partition coefficient (Wildman–Crippen LogP) is 2.33. The van der Waals surface area contributed by atoms with Crippen molar-refractivity contribution in [2.75, 3.05) is 5.32 Å². The van der Waals surface area contributed by atoms with Crippen molar-refractivity contribution >= 4 is 33.2 Å². The van der Waals surface area contributed by atoms with Crippen molar-refractivity contribution in [2.45, 2.75) is 43.5 Å². The molecule has 0 heterocycles. The lowest BCUT2D eigenvalue weighted by atomic mass is 10.3. The van der Waals surface area contributed by atoms with Crippen LogP contribution < -0.4 is 10.0 Å². The summed E-state index contributed by atoms with van der Waals surface area (Å²) >= 11 is 5.64. The van der Waals surface area contributed by atoms with Crippen molar-refractivity contribution < 1.29 is 13.2 Å². The minimum Gasteiger partial charge on any atom is -0.325 e. The van der Waals surface area contributed by atoms with Crippen LogP contribution in [0.3, 0.4) is 0 Å². The van der Waals surface area contributed by atoms with Gasteiger partial charge in [-0.3, -0.25) is 4.79 Å². The number of hydrogen-bond donors (Lipinski definition) is 2. The van der Waals surface area contributed by atoms with Gasteiger partial charge in [-0.25, -0.2) is 13.1 Å². The second-order valence-corrected chi connectivity index (χ2v) is 6.93. The maximum absolute atomic E-state index is 12.0. The van der Waals surface area contributed by atoms with Gasteiger partial charge in [0.15, 0.2) is 0 Å². The van der Waals surface area contributed by atoms with Crippen LogP contribution in [0, 0.1) is 0 Å². The quantitative estimate of drug-likeness (QED) is 0.790. The van der Waals surface area contributed by atoms with Gasteiger partial charge in [0.05, 0.1) is 4.90 Å². The molecule has 0 aromatic heterocycles. The number of carbonyl (C=O) groups excluding carboxylic acids is 1. The van der Waals surface area contributed by atoms with Gasteiger partial charge in [-0.05, 0) is 44.5 Å². The summed E-state index contributed by atoms with van der Waals surface area (Å²) in [6, 6.07) is 5.82. The first-order valence-electron chi connectivity index (χ1n) is 6.33. The van der Waals surface area contributed by atoms with Crippen LogP contribution in [-0.2, 0) is 14.8 Å². The van der Waals surface area contributed by atoms with Gasteiger partial charge in [0.1, 0.15) is 5.38 Å². The van der Waals surface area contributed by atoms with Crippen LogP contribution in [0.15, 0.2) is 29.2 Å². The standard InChI is InChI=1S/C13H19ClN2O3S/c1-4-9(2)16-20(18,19)12-7-5-11(6-8-12)15-13(17)10(3)14/h5-10,16H,4H2,1-3H3,(H,15,17)/t9-,10+/m0/s1. The lowest BCUT2D eigenvalue weighted by Crippen LogP contribution is -2.32. The van der Waals surface area contributed by atoms with E-state index in [1.165, 1.54) is 24.3 Å². The van der Waals surface area contributed by atoms with Gasteiger partial charge in [-0.1, -0.05) is 6.92 Å². The Morgan fingerprint density at radius 2 is 1.80 bits per heavy atom. The Bertz CT molecular complexity index is 555. The molecule has 0 fully saturated rings. The number of amides is 1. The van der Waals surface area contributed by atoms with E-state index in [1.807, 2.05) is 6.92 Å². The first kappa shape index (κ1) is 16.9. The number of anilines is 1. The van der Waals surface area contributed by atoms with Crippen molar-refractivity contribution in [1.29, 1.82) is 0 Å². The van der Waals surface area contributed by atoms with Crippen molar-refractivity contribution in [2.24, 2.45) is 0 Å². The summed E-state index contributed by atoms with van der Waals surface area (Å²) in [6.07, 6.45) is 0.709. The summed E-state index contributed by atoms with van der Waals surface area (Å²) in [7, 11) is -3.52. The summed E-state index contributed by atoms with van der Waals surface area (Å²) in [6.45, 7) is 5.26. The second kappa shape index (κ2) is 7.06. The molecular formula is C13H19ClN2O3S. The maximum Gasteiger partial charge on any atom is 0.242 e. The minimum absolute atomic E-state index is 0.128. The van der Waals surface area contributed by atoms with E-state index in [4.69, 9.17) is 11.6 Å². The number of alkyl halides is 1. The Kier molecular flexibility index (Phi) is 5.98. The molecule has 0 aliphatic rings. The van der Waals surface area contributed by atoms with Gasteiger partial charge in [0.2, 0.25) is 15.9 Å². The van der Waals surface area contributed by atoms with Gasteiger partial charge < -0.3 is 5.32 Å². The number of benzene rings is 1. The zero-order chi connectivity index (χ0) is 15.3.